The summed E-state index contributed by atoms with van der Waals surface area (Å²) in [5.41, 5.74) is 3.63. The van der Waals surface area contributed by atoms with Gasteiger partial charge in [0.25, 0.3) is 0 Å². The molecule has 166 valence electrons. The van der Waals surface area contributed by atoms with Crippen LogP contribution in [-0.2, 0) is 21.4 Å². The molecular weight excluding hydrogens is 404 g/mol. The number of benzene rings is 1. The number of aliphatic hydroxyl groups is 1. The Morgan fingerprint density at radius 2 is 1.73 bits per heavy atom. The molecule has 3 rings (SSSR count). The minimum Gasteiger partial charge on any atom is -0.467 e. The summed E-state index contributed by atoms with van der Waals surface area (Å²) in [7, 11) is -3.55. The average molecular weight is 437 g/mol. The fourth-order valence-electron chi connectivity index (χ4n) is 3.89. The Hall–Kier alpha value is -1.71. The second-order valence-corrected chi connectivity index (χ2v) is 9.92. The molecule has 1 atom stereocenters. The first-order valence-corrected chi connectivity index (χ1v) is 11.7. The summed E-state index contributed by atoms with van der Waals surface area (Å²) in [6.45, 7) is 10.6. The van der Waals surface area contributed by atoms with E-state index in [-0.39, 0.29) is 6.61 Å². The Morgan fingerprint density at radius 3 is 2.30 bits per heavy atom. The van der Waals surface area contributed by atoms with Gasteiger partial charge in [0.15, 0.2) is 0 Å². The van der Waals surface area contributed by atoms with E-state index in [0.717, 1.165) is 28.0 Å². The first-order valence-electron chi connectivity index (χ1n) is 10.3. The highest BCUT2D eigenvalue weighted by molar-refractivity contribution is 7.89. The van der Waals surface area contributed by atoms with Crippen LogP contribution >= 0.6 is 0 Å². The Labute approximate surface area is 179 Å². The van der Waals surface area contributed by atoms with Gasteiger partial charge in [0.05, 0.1) is 23.9 Å². The third kappa shape index (κ3) is 5.12. The van der Waals surface area contributed by atoms with Gasteiger partial charge in [-0.3, -0.25) is 4.90 Å². The van der Waals surface area contributed by atoms with Crippen molar-refractivity contribution in [2.24, 2.45) is 0 Å². The molecule has 7 nitrogen and oxygen atoms in total. The first-order chi connectivity index (χ1) is 14.2. The lowest BCUT2D eigenvalue weighted by Crippen LogP contribution is -2.50. The third-order valence-corrected chi connectivity index (χ3v) is 8.00. The Kier molecular flexibility index (Phi) is 7.36. The number of hydrogen-bond donors (Lipinski definition) is 1. The number of rotatable bonds is 8. The van der Waals surface area contributed by atoms with E-state index in [9.17, 15) is 13.5 Å². The van der Waals surface area contributed by atoms with Crippen LogP contribution in [0.15, 0.2) is 33.8 Å². The van der Waals surface area contributed by atoms with Crippen LogP contribution in [0.4, 0.5) is 0 Å². The highest BCUT2D eigenvalue weighted by atomic mass is 32.2. The van der Waals surface area contributed by atoms with Crippen LogP contribution in [0.25, 0.3) is 0 Å². The molecule has 1 fully saturated rings. The molecule has 1 saturated heterocycles. The standard InChI is InChI=1S/C22H32N2O5S/c1-16-12-17(2)19(4)22(18(16)3)30(26,27)24-9-7-23(8-10-24)13-20(25)14-28-15-21-6-5-11-29-21/h5-6,11-12,20,25H,7-10,13-15H2,1-4H3. The molecule has 1 aromatic carbocycles. The monoisotopic (exact) mass is 436 g/mol. The summed E-state index contributed by atoms with van der Waals surface area (Å²) in [5.74, 6) is 0.720. The predicted molar refractivity (Wildman–Crippen MR) is 115 cm³/mol. The van der Waals surface area contributed by atoms with Crippen molar-refractivity contribution in [1.82, 2.24) is 9.21 Å². The maximum Gasteiger partial charge on any atom is 0.243 e. The fourth-order valence-corrected chi connectivity index (χ4v) is 5.89. The lowest BCUT2D eigenvalue weighted by atomic mass is 10.0. The highest BCUT2D eigenvalue weighted by Gasteiger charge is 2.32. The molecule has 2 aromatic rings. The normalized spacial score (nSPS) is 17.4. The molecule has 1 aliphatic rings. The van der Waals surface area contributed by atoms with E-state index in [0.29, 0.717) is 44.2 Å². The van der Waals surface area contributed by atoms with Crippen LogP contribution in [0.2, 0.25) is 0 Å². The van der Waals surface area contributed by atoms with Crippen molar-refractivity contribution in [2.75, 3.05) is 39.3 Å². The van der Waals surface area contributed by atoms with E-state index in [1.165, 1.54) is 0 Å². The minimum absolute atomic E-state index is 0.209. The van der Waals surface area contributed by atoms with Crippen LogP contribution in [-0.4, -0.2) is 68.2 Å². The van der Waals surface area contributed by atoms with Crippen LogP contribution < -0.4 is 0 Å². The van der Waals surface area contributed by atoms with Gasteiger partial charge in [-0.25, -0.2) is 8.42 Å². The highest BCUT2D eigenvalue weighted by Crippen LogP contribution is 2.29. The average Bonchev–Trinajstić information content (AvgIpc) is 3.20. The van der Waals surface area contributed by atoms with Gasteiger partial charge in [-0.2, -0.15) is 4.31 Å². The van der Waals surface area contributed by atoms with Gasteiger partial charge in [-0.05, 0) is 62.1 Å². The van der Waals surface area contributed by atoms with Gasteiger partial charge in [-0.1, -0.05) is 6.07 Å². The summed E-state index contributed by atoms with van der Waals surface area (Å²) in [6.07, 6.45) is 0.955. The van der Waals surface area contributed by atoms with Crippen molar-refractivity contribution in [3.8, 4) is 0 Å². The molecule has 1 N–H and O–H groups in total. The van der Waals surface area contributed by atoms with E-state index in [1.807, 2.05) is 39.8 Å². The van der Waals surface area contributed by atoms with Gasteiger partial charge < -0.3 is 14.3 Å². The topological polar surface area (TPSA) is 83.2 Å². The quantitative estimate of drug-likeness (QED) is 0.684. The van der Waals surface area contributed by atoms with Gasteiger partial charge in [0, 0.05) is 32.7 Å². The first kappa shape index (κ1) is 23.0. The SMILES string of the molecule is Cc1cc(C)c(C)c(S(=O)(=O)N2CCN(CC(O)COCc3ccco3)CC2)c1C. The largest absolute Gasteiger partial charge is 0.467 e. The Morgan fingerprint density at radius 1 is 1.10 bits per heavy atom. The lowest BCUT2D eigenvalue weighted by Gasteiger charge is -2.35. The van der Waals surface area contributed by atoms with Gasteiger partial charge in [0.1, 0.15) is 12.4 Å². The van der Waals surface area contributed by atoms with Crippen LogP contribution in [0, 0.1) is 27.7 Å². The molecule has 0 bridgehead atoms. The lowest BCUT2D eigenvalue weighted by molar-refractivity contribution is 0.00100. The van der Waals surface area contributed by atoms with Gasteiger partial charge in [-0.15, -0.1) is 0 Å². The van der Waals surface area contributed by atoms with Crippen molar-refractivity contribution in [1.29, 1.82) is 0 Å². The molecule has 0 radical (unpaired) electrons. The summed E-state index contributed by atoms with van der Waals surface area (Å²) in [6, 6.07) is 5.66. The smallest absolute Gasteiger partial charge is 0.243 e. The second-order valence-electron chi connectivity index (χ2n) is 8.04. The maximum atomic E-state index is 13.3. The van der Waals surface area contributed by atoms with Crippen LogP contribution in [0.5, 0.6) is 0 Å². The number of piperazine rings is 1. The van der Waals surface area contributed by atoms with Crippen LogP contribution in [0.1, 0.15) is 28.0 Å². The molecule has 2 heterocycles. The van der Waals surface area contributed by atoms with E-state index < -0.39 is 16.1 Å². The number of furan rings is 1. The molecule has 0 spiro atoms. The van der Waals surface area contributed by atoms with Gasteiger partial charge >= 0.3 is 0 Å². The number of aryl methyl sites for hydroxylation is 2. The van der Waals surface area contributed by atoms with Crippen molar-refractivity contribution < 1.29 is 22.7 Å². The third-order valence-electron chi connectivity index (χ3n) is 5.83. The van der Waals surface area contributed by atoms with Crippen molar-refractivity contribution in [2.45, 2.75) is 45.3 Å². The van der Waals surface area contributed by atoms with Gasteiger partial charge in [0.2, 0.25) is 10.0 Å². The van der Waals surface area contributed by atoms with E-state index in [1.54, 1.807) is 16.6 Å². The predicted octanol–water partition coefficient (Wildman–Crippen LogP) is 2.40. The molecule has 1 aromatic heterocycles. The molecule has 0 saturated carbocycles. The zero-order valence-corrected chi connectivity index (χ0v) is 19.0. The van der Waals surface area contributed by atoms with Crippen molar-refractivity contribution >= 4 is 10.0 Å². The second kappa shape index (κ2) is 9.62. The zero-order chi connectivity index (χ0) is 21.9. The number of sulfonamides is 1. The molecule has 0 aliphatic carbocycles. The number of β-amino-alcohol motifs (C(OH)–C–C–N with tert-alkyl or cyclic N) is 1. The number of ether oxygens (including phenoxy) is 1. The Balaban J connectivity index is 1.55. The molecule has 1 unspecified atom stereocenters. The number of hydrogen-bond acceptors (Lipinski definition) is 6. The van der Waals surface area contributed by atoms with Crippen molar-refractivity contribution in [3.63, 3.8) is 0 Å². The van der Waals surface area contributed by atoms with E-state index in [2.05, 4.69) is 4.90 Å². The molecule has 30 heavy (non-hydrogen) atoms. The van der Waals surface area contributed by atoms with E-state index >= 15 is 0 Å². The number of aliphatic hydroxyl groups excluding tert-OH is 1. The summed E-state index contributed by atoms with van der Waals surface area (Å²) >= 11 is 0. The number of nitrogens with zero attached hydrogens (tertiary/aromatic N) is 2. The Bertz CT molecular complexity index is 922. The summed E-state index contributed by atoms with van der Waals surface area (Å²) in [5, 5.41) is 10.2. The molecule has 1 aliphatic heterocycles. The molecule has 0 amide bonds. The summed E-state index contributed by atoms with van der Waals surface area (Å²) in [4.78, 5) is 2.52. The molecular formula is C22H32N2O5S. The van der Waals surface area contributed by atoms with E-state index in [4.69, 9.17) is 9.15 Å². The minimum atomic E-state index is -3.55. The van der Waals surface area contributed by atoms with Crippen molar-refractivity contribution in [3.05, 3.63) is 52.5 Å². The fraction of sp³-hybridized carbons (Fsp3) is 0.545. The zero-order valence-electron chi connectivity index (χ0n) is 18.2. The van der Waals surface area contributed by atoms with Crippen LogP contribution in [0.3, 0.4) is 0 Å². The summed E-state index contributed by atoms with van der Waals surface area (Å²) < 4.78 is 38.9. The molecule has 8 heteroatoms. The maximum absolute atomic E-state index is 13.3.